The maximum absolute atomic E-state index is 2.43. The van der Waals surface area contributed by atoms with Crippen molar-refractivity contribution < 1.29 is 0 Å². The zero-order chi connectivity index (χ0) is 37.4. The number of benzene rings is 10. The van der Waals surface area contributed by atoms with Gasteiger partial charge in [-0.1, -0.05) is 159 Å². The first-order valence-electron chi connectivity index (χ1n) is 19.6. The highest BCUT2D eigenvalue weighted by Crippen LogP contribution is 2.51. The van der Waals surface area contributed by atoms with Crippen molar-refractivity contribution in [3.8, 4) is 33.4 Å². The van der Waals surface area contributed by atoms with Gasteiger partial charge in [-0.3, -0.25) is 0 Å². The van der Waals surface area contributed by atoms with Gasteiger partial charge >= 0.3 is 0 Å². The van der Waals surface area contributed by atoms with Gasteiger partial charge in [0.05, 0.1) is 0 Å². The van der Waals surface area contributed by atoms with Crippen LogP contribution in [0.5, 0.6) is 0 Å². The van der Waals surface area contributed by atoms with E-state index in [9.17, 15) is 0 Å². The SMILES string of the molecule is CC1(C)c2ccccc2-c2ccc(N(c3ccc(-c4cc5ccccc5c5ccccc45)cc3)c3ccc4ccc(-c5ccc6ccccc6c5)cc4c3)cc21. The van der Waals surface area contributed by atoms with Gasteiger partial charge in [-0.25, -0.2) is 0 Å². The monoisotopic (exact) mass is 713 g/mol. The summed E-state index contributed by atoms with van der Waals surface area (Å²) in [5.41, 5.74) is 13.6. The first-order chi connectivity index (χ1) is 27.5. The molecular formula is C55H39N. The summed E-state index contributed by atoms with van der Waals surface area (Å²) in [4.78, 5) is 2.43. The summed E-state index contributed by atoms with van der Waals surface area (Å²) in [7, 11) is 0. The Morgan fingerprint density at radius 1 is 0.304 bits per heavy atom. The molecule has 10 aromatic rings. The second-order valence-corrected chi connectivity index (χ2v) is 15.8. The summed E-state index contributed by atoms with van der Waals surface area (Å²) in [6.07, 6.45) is 0. The summed E-state index contributed by atoms with van der Waals surface area (Å²) in [6.45, 7) is 4.72. The number of nitrogens with zero attached hydrogens (tertiary/aromatic N) is 1. The van der Waals surface area contributed by atoms with Crippen molar-refractivity contribution in [2.75, 3.05) is 4.90 Å². The first-order valence-corrected chi connectivity index (χ1v) is 19.6. The molecule has 0 saturated carbocycles. The van der Waals surface area contributed by atoms with E-state index in [1.54, 1.807) is 0 Å². The molecule has 0 saturated heterocycles. The molecule has 0 spiro atoms. The molecule has 0 bridgehead atoms. The van der Waals surface area contributed by atoms with E-state index in [0.717, 1.165) is 17.1 Å². The number of hydrogen-bond donors (Lipinski definition) is 0. The van der Waals surface area contributed by atoms with Gasteiger partial charge in [0, 0.05) is 22.5 Å². The minimum atomic E-state index is -0.104. The average Bonchev–Trinajstić information content (AvgIpc) is 3.48. The lowest BCUT2D eigenvalue weighted by atomic mass is 9.82. The van der Waals surface area contributed by atoms with E-state index in [0.29, 0.717) is 0 Å². The van der Waals surface area contributed by atoms with Crippen molar-refractivity contribution in [3.05, 3.63) is 211 Å². The summed E-state index contributed by atoms with van der Waals surface area (Å²) in [5, 5.41) is 10.1. The normalized spacial score (nSPS) is 13.0. The van der Waals surface area contributed by atoms with Crippen molar-refractivity contribution in [1.29, 1.82) is 0 Å². The fourth-order valence-corrected chi connectivity index (χ4v) is 9.28. The van der Waals surface area contributed by atoms with Crippen LogP contribution in [0, 0.1) is 0 Å². The van der Waals surface area contributed by atoms with Crippen molar-refractivity contribution >= 4 is 60.2 Å². The van der Waals surface area contributed by atoms with E-state index >= 15 is 0 Å². The summed E-state index contributed by atoms with van der Waals surface area (Å²) in [5.74, 6) is 0. The minimum absolute atomic E-state index is 0.104. The topological polar surface area (TPSA) is 3.24 Å². The molecule has 1 nitrogen and oxygen atoms in total. The van der Waals surface area contributed by atoms with Crippen LogP contribution >= 0.6 is 0 Å². The third-order valence-electron chi connectivity index (χ3n) is 12.2. The van der Waals surface area contributed by atoms with Crippen LogP contribution in [0.4, 0.5) is 17.1 Å². The molecule has 1 heteroatoms. The molecule has 56 heavy (non-hydrogen) atoms. The Morgan fingerprint density at radius 3 is 1.64 bits per heavy atom. The van der Waals surface area contributed by atoms with Gasteiger partial charge in [-0.2, -0.15) is 0 Å². The van der Waals surface area contributed by atoms with Crippen LogP contribution in [0.15, 0.2) is 200 Å². The van der Waals surface area contributed by atoms with Gasteiger partial charge in [0.25, 0.3) is 0 Å². The van der Waals surface area contributed by atoms with E-state index < -0.39 is 0 Å². The Kier molecular flexibility index (Phi) is 7.28. The molecule has 0 N–H and O–H groups in total. The lowest BCUT2D eigenvalue weighted by Crippen LogP contribution is -2.16. The third kappa shape index (κ3) is 5.16. The van der Waals surface area contributed by atoms with Gasteiger partial charge in [0.2, 0.25) is 0 Å². The van der Waals surface area contributed by atoms with Crippen molar-refractivity contribution in [3.63, 3.8) is 0 Å². The zero-order valence-electron chi connectivity index (χ0n) is 31.5. The van der Waals surface area contributed by atoms with E-state index in [1.165, 1.54) is 87.6 Å². The Morgan fingerprint density at radius 2 is 0.839 bits per heavy atom. The van der Waals surface area contributed by atoms with Crippen LogP contribution in [0.2, 0.25) is 0 Å². The highest BCUT2D eigenvalue weighted by atomic mass is 15.1. The molecule has 0 unspecified atom stereocenters. The summed E-state index contributed by atoms with van der Waals surface area (Å²) in [6, 6.07) is 74.1. The zero-order valence-corrected chi connectivity index (χ0v) is 31.5. The van der Waals surface area contributed by atoms with Gasteiger partial charge in [-0.15, -0.1) is 0 Å². The van der Waals surface area contributed by atoms with Gasteiger partial charge in [0.15, 0.2) is 0 Å². The van der Waals surface area contributed by atoms with Crippen molar-refractivity contribution in [2.24, 2.45) is 0 Å². The van der Waals surface area contributed by atoms with Gasteiger partial charge in [-0.05, 0) is 142 Å². The van der Waals surface area contributed by atoms with E-state index in [2.05, 4.69) is 219 Å². The molecule has 0 aliphatic heterocycles. The standard InChI is InChI=1S/C55H39N/c1-55(2)53-18-10-9-17-50(53)51-30-29-46(35-54(51)55)56(44-26-24-38(25-27-44)52-34-42-13-5-6-14-47(42)48-15-7-8-16-49(48)52)45-28-23-37-20-22-41(32-43(37)33-45)40-21-19-36-11-3-4-12-39(36)31-40/h3-35H,1-2H3. The summed E-state index contributed by atoms with van der Waals surface area (Å²) >= 11 is 0. The Bertz CT molecular complexity index is 3170. The molecule has 0 atom stereocenters. The number of hydrogen-bond acceptors (Lipinski definition) is 1. The number of fused-ring (bicyclic) bond motifs is 8. The highest BCUT2D eigenvalue weighted by Gasteiger charge is 2.35. The lowest BCUT2D eigenvalue weighted by Gasteiger charge is -2.28. The molecule has 10 aromatic carbocycles. The molecule has 11 rings (SSSR count). The lowest BCUT2D eigenvalue weighted by molar-refractivity contribution is 0.660. The maximum Gasteiger partial charge on any atom is 0.0468 e. The predicted octanol–water partition coefficient (Wildman–Crippen LogP) is 15.4. The molecule has 264 valence electrons. The molecule has 0 fully saturated rings. The molecule has 0 amide bonds. The first kappa shape index (κ1) is 32.5. The van der Waals surface area contributed by atoms with Gasteiger partial charge < -0.3 is 4.90 Å². The average molecular weight is 714 g/mol. The second kappa shape index (κ2) is 12.5. The fraction of sp³-hybridized carbons (Fsp3) is 0.0545. The van der Waals surface area contributed by atoms with Crippen LogP contribution in [0.1, 0.15) is 25.0 Å². The van der Waals surface area contributed by atoms with Crippen molar-refractivity contribution in [1.82, 2.24) is 0 Å². The predicted molar refractivity (Wildman–Crippen MR) is 240 cm³/mol. The Hall–Kier alpha value is -6.96. The fourth-order valence-electron chi connectivity index (χ4n) is 9.28. The smallest absolute Gasteiger partial charge is 0.0468 e. The van der Waals surface area contributed by atoms with Gasteiger partial charge in [0.1, 0.15) is 0 Å². The van der Waals surface area contributed by atoms with E-state index in [-0.39, 0.29) is 5.41 Å². The van der Waals surface area contributed by atoms with Crippen LogP contribution in [-0.4, -0.2) is 0 Å². The van der Waals surface area contributed by atoms with Crippen LogP contribution in [0.3, 0.4) is 0 Å². The van der Waals surface area contributed by atoms with Crippen LogP contribution in [-0.2, 0) is 5.41 Å². The molecule has 1 aliphatic carbocycles. The van der Waals surface area contributed by atoms with E-state index in [1.807, 2.05) is 0 Å². The molecule has 0 heterocycles. The van der Waals surface area contributed by atoms with Crippen LogP contribution in [0.25, 0.3) is 76.5 Å². The third-order valence-corrected chi connectivity index (χ3v) is 12.2. The molecule has 0 radical (unpaired) electrons. The molecule has 0 aromatic heterocycles. The largest absolute Gasteiger partial charge is 0.310 e. The van der Waals surface area contributed by atoms with E-state index in [4.69, 9.17) is 0 Å². The second-order valence-electron chi connectivity index (χ2n) is 15.8. The number of anilines is 3. The quantitative estimate of drug-likeness (QED) is 0.161. The summed E-state index contributed by atoms with van der Waals surface area (Å²) < 4.78 is 0. The Labute approximate surface area is 327 Å². The Balaban J connectivity index is 1.06. The van der Waals surface area contributed by atoms with Crippen LogP contribution < -0.4 is 4.90 Å². The number of rotatable bonds is 5. The highest BCUT2D eigenvalue weighted by molar-refractivity contribution is 6.13. The molecular weight excluding hydrogens is 675 g/mol. The maximum atomic E-state index is 2.43. The minimum Gasteiger partial charge on any atom is -0.310 e. The molecule has 1 aliphatic rings. The van der Waals surface area contributed by atoms with Crippen molar-refractivity contribution in [2.45, 2.75) is 19.3 Å².